The Hall–Kier alpha value is 0.200. The van der Waals surface area contributed by atoms with Crippen LogP contribution in [-0.2, 0) is 0 Å². The molecule has 1 unspecified atom stereocenters. The van der Waals surface area contributed by atoms with Gasteiger partial charge in [-0.1, -0.05) is 24.0 Å². The lowest BCUT2D eigenvalue weighted by Gasteiger charge is -2.18. The Labute approximate surface area is 72.1 Å². The minimum Gasteiger partial charge on any atom is -0.385 e. The Bertz CT molecular complexity index is 114. The first-order chi connectivity index (χ1) is 4.54. The zero-order valence-corrected chi connectivity index (χ0v) is 8.26. The first-order valence-electron chi connectivity index (χ1n) is 3.12. The van der Waals surface area contributed by atoms with Gasteiger partial charge in [-0.25, -0.2) is 0 Å². The van der Waals surface area contributed by atoms with Crippen LogP contribution in [0.15, 0.2) is 0 Å². The third-order valence-corrected chi connectivity index (χ3v) is 2.64. The third-order valence-electron chi connectivity index (χ3n) is 1.35. The predicted octanol–water partition coefficient (Wildman–Crippen LogP) is 0.913. The lowest BCUT2D eigenvalue weighted by molar-refractivity contribution is 0.340. The third kappa shape index (κ3) is 5.02. The fourth-order valence-corrected chi connectivity index (χ4v) is 1.26. The number of nitrogens with two attached hydrogens (primary N) is 1. The second-order valence-electron chi connectivity index (χ2n) is 2.44. The molecule has 4 heteroatoms. The largest absolute Gasteiger partial charge is 0.385 e. The average Bonchev–Trinajstić information content (AvgIpc) is 1.82. The van der Waals surface area contributed by atoms with Crippen molar-refractivity contribution in [1.29, 1.82) is 0 Å². The van der Waals surface area contributed by atoms with Crippen LogP contribution in [0.1, 0.15) is 6.92 Å². The van der Waals surface area contributed by atoms with Crippen molar-refractivity contribution in [3.8, 4) is 0 Å². The minimum atomic E-state index is 0.534. The molecule has 10 heavy (non-hydrogen) atoms. The fourth-order valence-electron chi connectivity index (χ4n) is 0.352. The molecule has 0 bridgehead atoms. The van der Waals surface area contributed by atoms with Gasteiger partial charge in [0, 0.05) is 11.8 Å². The monoisotopic (exact) mass is 178 g/mol. The molecule has 0 fully saturated rings. The van der Waals surface area contributed by atoms with Crippen molar-refractivity contribution < 1.29 is 0 Å². The topological polar surface area (TPSA) is 29.3 Å². The summed E-state index contributed by atoms with van der Waals surface area (Å²) in [6.07, 6.45) is 0. The smallest absolute Gasteiger partial charge is 0.131 e. The van der Waals surface area contributed by atoms with E-state index in [1.165, 1.54) is 11.8 Å². The highest BCUT2D eigenvalue weighted by molar-refractivity contribution is 8.22. The quantitative estimate of drug-likeness (QED) is 0.651. The second-order valence-corrected chi connectivity index (χ2v) is 4.20. The molecular weight excluding hydrogens is 164 g/mol. The van der Waals surface area contributed by atoms with E-state index in [4.69, 9.17) is 18.0 Å². The summed E-state index contributed by atoms with van der Waals surface area (Å²) in [7, 11) is 4.09. The zero-order valence-electron chi connectivity index (χ0n) is 6.63. The summed E-state index contributed by atoms with van der Waals surface area (Å²) in [5.74, 6) is 0.975. The maximum absolute atomic E-state index is 5.32. The van der Waals surface area contributed by atoms with Crippen LogP contribution in [0.4, 0.5) is 0 Å². The number of hydrogen-bond acceptors (Lipinski definition) is 3. The maximum Gasteiger partial charge on any atom is 0.131 e. The normalized spacial score (nSPS) is 13.6. The molecular formula is C6H14N2S2. The predicted molar refractivity (Wildman–Crippen MR) is 52.4 cm³/mol. The van der Waals surface area contributed by atoms with Crippen LogP contribution >= 0.6 is 24.0 Å². The zero-order chi connectivity index (χ0) is 8.15. The van der Waals surface area contributed by atoms with Crippen molar-refractivity contribution in [2.45, 2.75) is 13.0 Å². The highest BCUT2D eigenvalue weighted by Crippen LogP contribution is 2.05. The first-order valence-corrected chi connectivity index (χ1v) is 4.52. The van der Waals surface area contributed by atoms with Crippen LogP contribution in [0.2, 0.25) is 0 Å². The van der Waals surface area contributed by atoms with E-state index in [2.05, 4.69) is 11.8 Å². The first kappa shape index (κ1) is 10.2. The van der Waals surface area contributed by atoms with Crippen molar-refractivity contribution in [3.63, 3.8) is 0 Å². The molecule has 1 atom stereocenters. The van der Waals surface area contributed by atoms with Gasteiger partial charge in [-0.3, -0.25) is 0 Å². The Balaban J connectivity index is 3.39. The second kappa shape index (κ2) is 4.93. The molecule has 60 valence electrons. The molecule has 0 aromatic heterocycles. The molecule has 2 nitrogen and oxygen atoms in total. The highest BCUT2D eigenvalue weighted by Gasteiger charge is 2.03. The molecule has 0 aliphatic carbocycles. The summed E-state index contributed by atoms with van der Waals surface area (Å²) in [5.41, 5.74) is 5.32. The number of nitrogens with zero attached hydrogens (tertiary/aromatic N) is 1. The van der Waals surface area contributed by atoms with Crippen molar-refractivity contribution in [2.75, 3.05) is 19.8 Å². The van der Waals surface area contributed by atoms with Crippen molar-refractivity contribution >= 4 is 28.3 Å². The van der Waals surface area contributed by atoms with Crippen molar-refractivity contribution in [1.82, 2.24) is 4.90 Å². The Morgan fingerprint density at radius 2 is 2.20 bits per heavy atom. The summed E-state index contributed by atoms with van der Waals surface area (Å²) >= 11 is 6.26. The average molecular weight is 178 g/mol. The van der Waals surface area contributed by atoms with Gasteiger partial charge in [0.15, 0.2) is 0 Å². The van der Waals surface area contributed by atoms with Crippen LogP contribution in [0, 0.1) is 0 Å². The number of hydrogen-bond donors (Lipinski definition) is 1. The van der Waals surface area contributed by atoms with Gasteiger partial charge >= 0.3 is 0 Å². The van der Waals surface area contributed by atoms with E-state index in [0.29, 0.717) is 10.4 Å². The van der Waals surface area contributed by atoms with E-state index in [-0.39, 0.29) is 0 Å². The molecule has 0 aliphatic heterocycles. The maximum atomic E-state index is 5.32. The molecule has 0 amide bonds. The van der Waals surface area contributed by atoms with E-state index < -0.39 is 0 Å². The molecule has 2 N–H and O–H groups in total. The van der Waals surface area contributed by atoms with Gasteiger partial charge in [-0.2, -0.15) is 0 Å². The summed E-state index contributed by atoms with van der Waals surface area (Å²) in [5, 5.41) is 0. The van der Waals surface area contributed by atoms with Crippen LogP contribution in [0.5, 0.6) is 0 Å². The van der Waals surface area contributed by atoms with Crippen LogP contribution in [0.3, 0.4) is 0 Å². The van der Waals surface area contributed by atoms with Gasteiger partial charge in [0.05, 0.1) is 0 Å². The summed E-state index contributed by atoms with van der Waals surface area (Å²) in [4.78, 5) is 2.14. The molecule has 0 heterocycles. The van der Waals surface area contributed by atoms with E-state index in [0.717, 1.165) is 5.75 Å². The molecule has 0 rings (SSSR count). The van der Waals surface area contributed by atoms with E-state index in [1.54, 1.807) is 0 Å². The van der Waals surface area contributed by atoms with Crippen LogP contribution < -0.4 is 5.73 Å². The summed E-state index contributed by atoms with van der Waals surface area (Å²) in [6, 6.07) is 0.534. The van der Waals surface area contributed by atoms with E-state index >= 15 is 0 Å². The lowest BCUT2D eigenvalue weighted by atomic mass is 10.4. The van der Waals surface area contributed by atoms with Crippen LogP contribution in [0.25, 0.3) is 0 Å². The highest BCUT2D eigenvalue weighted by atomic mass is 32.2. The molecule has 0 radical (unpaired) electrons. The molecule has 0 saturated carbocycles. The molecule has 0 aliphatic rings. The number of rotatable bonds is 3. The standard InChI is InChI=1S/C6H14N2S2/c1-5(8(2)3)4-10-6(7)9/h5H,4H2,1-3H3,(H2,7,9). The Kier molecular flexibility index (Phi) is 5.03. The fraction of sp³-hybridized carbons (Fsp3) is 0.833. The van der Waals surface area contributed by atoms with Gasteiger partial charge in [-0.05, 0) is 21.0 Å². The molecule has 0 aromatic rings. The van der Waals surface area contributed by atoms with Gasteiger partial charge in [0.2, 0.25) is 0 Å². The minimum absolute atomic E-state index is 0.534. The summed E-state index contributed by atoms with van der Waals surface area (Å²) < 4.78 is 0.536. The van der Waals surface area contributed by atoms with Gasteiger partial charge in [-0.15, -0.1) is 0 Å². The van der Waals surface area contributed by atoms with Gasteiger partial charge < -0.3 is 10.6 Å². The number of thiocarbonyl (C=S) groups is 1. The van der Waals surface area contributed by atoms with Gasteiger partial charge in [0.1, 0.15) is 4.32 Å². The lowest BCUT2D eigenvalue weighted by Crippen LogP contribution is -2.27. The van der Waals surface area contributed by atoms with Crippen LogP contribution in [-0.4, -0.2) is 35.1 Å². The van der Waals surface area contributed by atoms with Gasteiger partial charge in [0.25, 0.3) is 0 Å². The molecule has 0 aromatic carbocycles. The van der Waals surface area contributed by atoms with Crippen molar-refractivity contribution in [3.05, 3.63) is 0 Å². The van der Waals surface area contributed by atoms with Crippen molar-refractivity contribution in [2.24, 2.45) is 5.73 Å². The molecule has 0 spiro atoms. The SMILES string of the molecule is CC(CSC(N)=S)N(C)C. The summed E-state index contributed by atoms with van der Waals surface area (Å²) in [6.45, 7) is 2.14. The number of thioether (sulfide) groups is 1. The Morgan fingerprint density at radius 3 is 2.50 bits per heavy atom. The van der Waals surface area contributed by atoms with E-state index in [1.807, 2.05) is 14.1 Å². The Morgan fingerprint density at radius 1 is 1.70 bits per heavy atom. The van der Waals surface area contributed by atoms with E-state index in [9.17, 15) is 0 Å². The molecule has 0 saturated heterocycles.